The number of hydrogen-bond donors (Lipinski definition) is 1. The van der Waals surface area contributed by atoms with Gasteiger partial charge < -0.3 is 5.32 Å². The average molecular weight is 369 g/mol. The highest BCUT2D eigenvalue weighted by Crippen LogP contribution is 2.36. The minimum Gasteiger partial charge on any atom is -0.375 e. The SMILES string of the molecule is CC(Nc1c(Cl)cc(F)cc1Cl)c1sccc1Br. The van der Waals surface area contributed by atoms with Gasteiger partial charge in [0.05, 0.1) is 21.8 Å². The molecule has 2 aromatic rings. The molecule has 0 aliphatic heterocycles. The highest BCUT2D eigenvalue weighted by Gasteiger charge is 2.15. The topological polar surface area (TPSA) is 12.0 Å². The van der Waals surface area contributed by atoms with Crippen molar-refractivity contribution in [3.63, 3.8) is 0 Å². The van der Waals surface area contributed by atoms with Crippen LogP contribution in [-0.2, 0) is 0 Å². The molecule has 0 fully saturated rings. The van der Waals surface area contributed by atoms with E-state index in [-0.39, 0.29) is 16.1 Å². The molecule has 1 nitrogen and oxygen atoms in total. The van der Waals surface area contributed by atoms with Gasteiger partial charge in [0.15, 0.2) is 0 Å². The van der Waals surface area contributed by atoms with Crippen LogP contribution in [0.2, 0.25) is 10.0 Å². The summed E-state index contributed by atoms with van der Waals surface area (Å²) in [5.41, 5.74) is 0.549. The molecule has 1 aromatic carbocycles. The van der Waals surface area contributed by atoms with Crippen LogP contribution in [0.15, 0.2) is 28.1 Å². The molecule has 0 bridgehead atoms. The molecule has 0 aliphatic rings. The second-order valence-corrected chi connectivity index (χ2v) is 6.36. The fourth-order valence-electron chi connectivity index (χ4n) is 1.58. The van der Waals surface area contributed by atoms with E-state index in [9.17, 15) is 4.39 Å². The minimum absolute atomic E-state index is 0.0276. The van der Waals surface area contributed by atoms with E-state index in [1.54, 1.807) is 11.3 Å². The van der Waals surface area contributed by atoms with Gasteiger partial charge in [-0.05, 0) is 46.4 Å². The molecule has 1 atom stereocenters. The third-order valence-corrected chi connectivity index (χ3v) is 5.06. The largest absolute Gasteiger partial charge is 0.375 e. The van der Waals surface area contributed by atoms with Crippen LogP contribution in [0.3, 0.4) is 0 Å². The summed E-state index contributed by atoms with van der Waals surface area (Å²) in [5, 5.41) is 5.74. The van der Waals surface area contributed by atoms with Gasteiger partial charge in [-0.3, -0.25) is 0 Å². The molecule has 6 heteroatoms. The Balaban J connectivity index is 2.27. The van der Waals surface area contributed by atoms with E-state index in [2.05, 4.69) is 21.2 Å². The van der Waals surface area contributed by atoms with E-state index in [1.165, 1.54) is 12.1 Å². The molecule has 2 rings (SSSR count). The molecular formula is C12H9BrCl2FNS. The Morgan fingerprint density at radius 3 is 2.44 bits per heavy atom. The molecule has 0 radical (unpaired) electrons. The maximum absolute atomic E-state index is 13.1. The maximum Gasteiger partial charge on any atom is 0.126 e. The molecule has 0 saturated heterocycles. The summed E-state index contributed by atoms with van der Waals surface area (Å²) < 4.78 is 14.1. The van der Waals surface area contributed by atoms with E-state index in [4.69, 9.17) is 23.2 Å². The number of rotatable bonds is 3. The van der Waals surface area contributed by atoms with Crippen LogP contribution in [0.1, 0.15) is 17.8 Å². The summed E-state index contributed by atoms with van der Waals surface area (Å²) in [6.07, 6.45) is 0. The first-order chi connectivity index (χ1) is 8.49. The van der Waals surface area contributed by atoms with Gasteiger partial charge in [0.1, 0.15) is 5.82 Å². The second kappa shape index (κ2) is 5.78. The Kier molecular flexibility index (Phi) is 4.54. The van der Waals surface area contributed by atoms with Crippen LogP contribution in [0.5, 0.6) is 0 Å². The number of halogens is 4. The van der Waals surface area contributed by atoms with Gasteiger partial charge in [0, 0.05) is 9.35 Å². The molecule has 0 saturated carbocycles. The minimum atomic E-state index is -0.444. The van der Waals surface area contributed by atoms with Gasteiger partial charge >= 0.3 is 0 Å². The number of hydrogen-bond acceptors (Lipinski definition) is 2. The number of benzene rings is 1. The van der Waals surface area contributed by atoms with Crippen LogP contribution in [0.4, 0.5) is 10.1 Å². The highest BCUT2D eigenvalue weighted by molar-refractivity contribution is 9.10. The Hall–Kier alpha value is -0.290. The van der Waals surface area contributed by atoms with Crippen LogP contribution >= 0.6 is 50.5 Å². The fraction of sp³-hybridized carbons (Fsp3) is 0.167. The van der Waals surface area contributed by atoms with Gasteiger partial charge in [-0.1, -0.05) is 23.2 Å². The summed E-state index contributed by atoms with van der Waals surface area (Å²) in [6.45, 7) is 1.99. The van der Waals surface area contributed by atoms with E-state index in [0.29, 0.717) is 5.69 Å². The summed E-state index contributed by atoms with van der Waals surface area (Å²) in [4.78, 5) is 1.13. The number of thiophene rings is 1. The Morgan fingerprint density at radius 1 is 1.33 bits per heavy atom. The van der Waals surface area contributed by atoms with Crippen molar-refractivity contribution < 1.29 is 4.39 Å². The first-order valence-corrected chi connectivity index (χ1v) is 7.56. The molecule has 0 aliphatic carbocycles. The summed E-state index contributed by atoms with van der Waals surface area (Å²) >= 11 is 17.1. The molecule has 0 spiro atoms. The lowest BCUT2D eigenvalue weighted by atomic mass is 10.2. The summed E-state index contributed by atoms with van der Waals surface area (Å²) in [7, 11) is 0. The van der Waals surface area contributed by atoms with Crippen molar-refractivity contribution in [2.24, 2.45) is 0 Å². The van der Waals surface area contributed by atoms with Crippen LogP contribution < -0.4 is 5.32 Å². The van der Waals surface area contributed by atoms with Crippen molar-refractivity contribution >= 4 is 56.2 Å². The van der Waals surface area contributed by atoms with E-state index in [0.717, 1.165) is 9.35 Å². The van der Waals surface area contributed by atoms with Crippen LogP contribution in [0, 0.1) is 5.82 Å². The third-order valence-electron chi connectivity index (χ3n) is 2.41. The maximum atomic E-state index is 13.1. The Labute approximate surface area is 127 Å². The quantitative estimate of drug-likeness (QED) is 0.687. The van der Waals surface area contributed by atoms with Crippen LogP contribution in [0.25, 0.3) is 0 Å². The summed E-state index contributed by atoms with van der Waals surface area (Å²) in [5.74, 6) is -0.444. The van der Waals surface area contributed by atoms with Crippen LogP contribution in [-0.4, -0.2) is 0 Å². The first-order valence-electron chi connectivity index (χ1n) is 5.13. The zero-order valence-corrected chi connectivity index (χ0v) is 13.2. The van der Waals surface area contributed by atoms with Crippen molar-refractivity contribution in [1.29, 1.82) is 0 Å². The predicted octanol–water partition coefficient (Wildman–Crippen LogP) is 6.13. The predicted molar refractivity (Wildman–Crippen MR) is 80.5 cm³/mol. The second-order valence-electron chi connectivity index (χ2n) is 3.74. The molecule has 1 heterocycles. The molecule has 18 heavy (non-hydrogen) atoms. The smallest absolute Gasteiger partial charge is 0.126 e. The fourth-order valence-corrected chi connectivity index (χ4v) is 3.87. The molecule has 96 valence electrons. The van der Waals surface area contributed by atoms with Gasteiger partial charge in [0.2, 0.25) is 0 Å². The molecule has 1 N–H and O–H groups in total. The highest BCUT2D eigenvalue weighted by atomic mass is 79.9. The Morgan fingerprint density at radius 2 is 1.94 bits per heavy atom. The zero-order valence-electron chi connectivity index (χ0n) is 9.31. The summed E-state index contributed by atoms with van der Waals surface area (Å²) in [6, 6.07) is 4.49. The van der Waals surface area contributed by atoms with Crippen molar-refractivity contribution in [3.8, 4) is 0 Å². The van der Waals surface area contributed by atoms with Gasteiger partial charge in [-0.2, -0.15) is 0 Å². The standard InChI is InChI=1S/C12H9BrCl2FNS/c1-6(12-8(13)2-3-18-12)17-11-9(14)4-7(16)5-10(11)15/h2-6,17H,1H3. The van der Waals surface area contributed by atoms with Crippen molar-refractivity contribution in [2.75, 3.05) is 5.32 Å². The molecule has 1 unspecified atom stereocenters. The van der Waals surface area contributed by atoms with Crippen molar-refractivity contribution in [3.05, 3.63) is 48.8 Å². The molecule has 0 amide bonds. The van der Waals surface area contributed by atoms with E-state index < -0.39 is 5.82 Å². The molecular weight excluding hydrogens is 360 g/mol. The first kappa shape index (κ1) is 14.1. The third kappa shape index (κ3) is 2.99. The zero-order chi connectivity index (χ0) is 13.3. The monoisotopic (exact) mass is 367 g/mol. The van der Waals surface area contributed by atoms with E-state index in [1.807, 2.05) is 18.4 Å². The van der Waals surface area contributed by atoms with Crippen molar-refractivity contribution in [1.82, 2.24) is 0 Å². The average Bonchev–Trinajstić information content (AvgIpc) is 2.69. The number of anilines is 1. The van der Waals surface area contributed by atoms with E-state index >= 15 is 0 Å². The normalized spacial score (nSPS) is 12.5. The Bertz CT molecular complexity index is 550. The molecule has 1 aromatic heterocycles. The number of nitrogens with one attached hydrogen (secondary N) is 1. The lowest BCUT2D eigenvalue weighted by Crippen LogP contribution is -2.06. The van der Waals surface area contributed by atoms with Crippen molar-refractivity contribution in [2.45, 2.75) is 13.0 Å². The van der Waals surface area contributed by atoms with Gasteiger partial charge in [0.25, 0.3) is 0 Å². The van der Waals surface area contributed by atoms with Gasteiger partial charge in [-0.25, -0.2) is 4.39 Å². The van der Waals surface area contributed by atoms with Gasteiger partial charge in [-0.15, -0.1) is 11.3 Å². The lowest BCUT2D eigenvalue weighted by Gasteiger charge is -2.17. The lowest BCUT2D eigenvalue weighted by molar-refractivity contribution is 0.628.